The zero-order valence-electron chi connectivity index (χ0n) is 17.9. The van der Waals surface area contributed by atoms with E-state index in [9.17, 15) is 4.79 Å². The number of nitrogens with zero attached hydrogens (tertiary/aromatic N) is 1. The highest BCUT2D eigenvalue weighted by atomic mass is 79.9. The summed E-state index contributed by atoms with van der Waals surface area (Å²) in [6, 6.07) is 19.1. The molecule has 1 heterocycles. The first kappa shape index (κ1) is 23.7. The van der Waals surface area contributed by atoms with Gasteiger partial charge in [0.2, 0.25) is 5.90 Å². The number of carbonyl (C=O) groups excluding carboxylic acids is 1. The van der Waals surface area contributed by atoms with Crippen LogP contribution < -0.4 is 4.74 Å². The fourth-order valence-corrected chi connectivity index (χ4v) is 4.81. The molecule has 1 aliphatic heterocycles. The summed E-state index contributed by atoms with van der Waals surface area (Å²) in [7, 11) is 0. The van der Waals surface area contributed by atoms with E-state index in [-0.39, 0.29) is 5.70 Å². The Kier molecular flexibility index (Phi) is 7.37. The normalized spacial score (nSPS) is 14.5. The van der Waals surface area contributed by atoms with Gasteiger partial charge >= 0.3 is 5.97 Å². The van der Waals surface area contributed by atoms with Crippen molar-refractivity contribution in [2.45, 2.75) is 26.4 Å². The van der Waals surface area contributed by atoms with Crippen molar-refractivity contribution in [3.8, 4) is 5.75 Å². The molecule has 3 aromatic carbocycles. The number of benzene rings is 3. The third-order valence-corrected chi connectivity index (χ3v) is 6.50. The standard InChI is InChI=1S/C26H20Br2ClNO3/c1-15(2)18-5-7-19(8-6-18)25-30-23(26(31)33-25)13-17-11-21(27)24(22(28)12-17)32-14-16-3-9-20(29)10-4-16/h3-13,15H,14H2,1-2H3. The summed E-state index contributed by atoms with van der Waals surface area (Å²) in [4.78, 5) is 16.8. The lowest BCUT2D eigenvalue weighted by Crippen LogP contribution is -2.05. The van der Waals surface area contributed by atoms with Gasteiger partial charge in [0.05, 0.1) is 8.95 Å². The molecule has 0 fully saturated rings. The van der Waals surface area contributed by atoms with Gasteiger partial charge in [-0.3, -0.25) is 0 Å². The monoisotopic (exact) mass is 587 g/mol. The highest BCUT2D eigenvalue weighted by Crippen LogP contribution is 2.36. The van der Waals surface area contributed by atoms with E-state index < -0.39 is 5.97 Å². The van der Waals surface area contributed by atoms with E-state index in [1.807, 2.05) is 60.7 Å². The number of rotatable bonds is 6. The van der Waals surface area contributed by atoms with Gasteiger partial charge in [0, 0.05) is 10.6 Å². The second-order valence-corrected chi connectivity index (χ2v) is 9.99. The lowest BCUT2D eigenvalue weighted by molar-refractivity contribution is -0.129. The zero-order valence-corrected chi connectivity index (χ0v) is 21.9. The number of hydrogen-bond acceptors (Lipinski definition) is 4. The van der Waals surface area contributed by atoms with E-state index in [2.05, 4.69) is 50.7 Å². The first-order valence-electron chi connectivity index (χ1n) is 10.3. The molecule has 0 N–H and O–H groups in total. The molecule has 0 bridgehead atoms. The Labute approximate surface area is 214 Å². The molecule has 0 unspecified atom stereocenters. The lowest BCUT2D eigenvalue weighted by Gasteiger charge is -2.11. The molecular weight excluding hydrogens is 570 g/mol. The van der Waals surface area contributed by atoms with Gasteiger partial charge in [-0.05, 0) is 96.9 Å². The fourth-order valence-electron chi connectivity index (χ4n) is 3.24. The third kappa shape index (κ3) is 5.75. The summed E-state index contributed by atoms with van der Waals surface area (Å²) in [5, 5.41) is 0.683. The molecule has 0 atom stereocenters. The minimum Gasteiger partial charge on any atom is -0.487 e. The van der Waals surface area contributed by atoms with Crippen LogP contribution in [0.4, 0.5) is 0 Å². The highest BCUT2D eigenvalue weighted by Gasteiger charge is 2.24. The summed E-state index contributed by atoms with van der Waals surface area (Å²) < 4.78 is 12.9. The number of ether oxygens (including phenoxy) is 2. The molecule has 0 spiro atoms. The molecule has 0 aliphatic carbocycles. The Morgan fingerprint density at radius 2 is 1.67 bits per heavy atom. The predicted octanol–water partition coefficient (Wildman–Crippen LogP) is 7.91. The maximum Gasteiger partial charge on any atom is 0.363 e. The number of hydrogen-bond donors (Lipinski definition) is 0. The van der Waals surface area contributed by atoms with Crippen LogP contribution in [-0.2, 0) is 16.1 Å². The summed E-state index contributed by atoms with van der Waals surface area (Å²) in [5.74, 6) is 0.920. The number of aliphatic imine (C=N–C) groups is 1. The molecule has 7 heteroatoms. The van der Waals surface area contributed by atoms with Crippen LogP contribution in [0.5, 0.6) is 5.75 Å². The van der Waals surface area contributed by atoms with E-state index in [1.165, 1.54) is 5.56 Å². The zero-order chi connectivity index (χ0) is 23.5. The average Bonchev–Trinajstić information content (AvgIpc) is 3.14. The van der Waals surface area contributed by atoms with Crippen LogP contribution >= 0.6 is 43.5 Å². The smallest absolute Gasteiger partial charge is 0.363 e. The van der Waals surface area contributed by atoms with Crippen LogP contribution in [0.15, 0.2) is 80.3 Å². The topological polar surface area (TPSA) is 47.9 Å². The van der Waals surface area contributed by atoms with Gasteiger partial charge in [-0.1, -0.05) is 49.7 Å². The molecule has 0 aromatic heterocycles. The first-order valence-corrected chi connectivity index (χ1v) is 12.3. The van der Waals surface area contributed by atoms with Crippen molar-refractivity contribution in [2.75, 3.05) is 0 Å². The number of carbonyl (C=O) groups is 1. The minimum absolute atomic E-state index is 0.242. The van der Waals surface area contributed by atoms with Crippen molar-refractivity contribution in [3.05, 3.63) is 103 Å². The van der Waals surface area contributed by atoms with Crippen LogP contribution in [0.2, 0.25) is 5.02 Å². The summed E-state index contributed by atoms with van der Waals surface area (Å²) in [5.41, 5.74) is 4.00. The number of halogens is 3. The van der Waals surface area contributed by atoms with E-state index in [0.29, 0.717) is 29.2 Å². The minimum atomic E-state index is -0.478. The molecule has 33 heavy (non-hydrogen) atoms. The van der Waals surface area contributed by atoms with Crippen molar-refractivity contribution in [1.82, 2.24) is 0 Å². The van der Waals surface area contributed by atoms with E-state index in [1.54, 1.807) is 6.08 Å². The first-order chi connectivity index (χ1) is 15.8. The van der Waals surface area contributed by atoms with Gasteiger partial charge in [-0.25, -0.2) is 9.79 Å². The molecule has 0 amide bonds. The van der Waals surface area contributed by atoms with Crippen molar-refractivity contribution in [2.24, 2.45) is 4.99 Å². The Morgan fingerprint density at radius 3 is 2.27 bits per heavy atom. The summed E-state index contributed by atoms with van der Waals surface area (Å²) >= 11 is 13.0. The lowest BCUT2D eigenvalue weighted by atomic mass is 10.0. The molecule has 0 saturated carbocycles. The van der Waals surface area contributed by atoms with Crippen LogP contribution in [-0.4, -0.2) is 11.9 Å². The predicted molar refractivity (Wildman–Crippen MR) is 139 cm³/mol. The summed E-state index contributed by atoms with van der Waals surface area (Å²) in [6.07, 6.45) is 1.69. The SMILES string of the molecule is CC(C)c1ccc(C2=NC(=Cc3cc(Br)c(OCc4ccc(Cl)cc4)c(Br)c3)C(=O)O2)cc1. The molecule has 0 radical (unpaired) electrons. The van der Waals surface area contributed by atoms with Gasteiger partial charge in [-0.2, -0.15) is 0 Å². The van der Waals surface area contributed by atoms with Crippen LogP contribution in [0.3, 0.4) is 0 Å². The third-order valence-electron chi connectivity index (χ3n) is 5.07. The van der Waals surface area contributed by atoms with Crippen molar-refractivity contribution >= 4 is 61.4 Å². The Balaban J connectivity index is 1.53. The summed E-state index contributed by atoms with van der Waals surface area (Å²) in [6.45, 7) is 4.66. The average molecular weight is 590 g/mol. The largest absolute Gasteiger partial charge is 0.487 e. The van der Waals surface area contributed by atoms with Gasteiger partial charge in [0.15, 0.2) is 5.70 Å². The van der Waals surface area contributed by atoms with Crippen LogP contribution in [0, 0.1) is 0 Å². The molecule has 4 nitrogen and oxygen atoms in total. The molecular formula is C26H20Br2ClNO3. The fraction of sp³-hybridized carbons (Fsp3) is 0.154. The van der Waals surface area contributed by atoms with Crippen molar-refractivity contribution in [3.63, 3.8) is 0 Å². The molecule has 168 valence electrons. The van der Waals surface area contributed by atoms with Gasteiger partial charge < -0.3 is 9.47 Å². The second-order valence-electron chi connectivity index (χ2n) is 7.84. The van der Waals surface area contributed by atoms with E-state index >= 15 is 0 Å². The number of esters is 1. The quantitative estimate of drug-likeness (QED) is 0.217. The molecule has 1 aliphatic rings. The highest BCUT2D eigenvalue weighted by molar-refractivity contribution is 9.11. The maximum atomic E-state index is 12.4. The van der Waals surface area contributed by atoms with Crippen molar-refractivity contribution in [1.29, 1.82) is 0 Å². The van der Waals surface area contributed by atoms with Crippen LogP contribution in [0.25, 0.3) is 6.08 Å². The maximum absolute atomic E-state index is 12.4. The molecule has 3 aromatic rings. The Bertz CT molecular complexity index is 1230. The molecule has 0 saturated heterocycles. The van der Waals surface area contributed by atoms with Gasteiger partial charge in [-0.15, -0.1) is 0 Å². The molecule has 4 rings (SSSR count). The van der Waals surface area contributed by atoms with Gasteiger partial charge in [0.25, 0.3) is 0 Å². The Hall–Kier alpha value is -2.41. The second kappa shape index (κ2) is 10.2. The Morgan fingerprint density at radius 1 is 1.03 bits per heavy atom. The van der Waals surface area contributed by atoms with E-state index in [4.69, 9.17) is 21.1 Å². The van der Waals surface area contributed by atoms with Crippen LogP contribution in [0.1, 0.15) is 42.0 Å². The van der Waals surface area contributed by atoms with E-state index in [0.717, 1.165) is 25.6 Å². The number of cyclic esters (lactones) is 1. The van der Waals surface area contributed by atoms with Crippen molar-refractivity contribution < 1.29 is 14.3 Å². The van der Waals surface area contributed by atoms with Gasteiger partial charge in [0.1, 0.15) is 12.4 Å².